The van der Waals surface area contributed by atoms with Crippen molar-refractivity contribution in [1.29, 1.82) is 0 Å². The van der Waals surface area contributed by atoms with Crippen LogP contribution in [0.4, 0.5) is 0 Å². The molecule has 0 saturated carbocycles. The maximum Gasteiger partial charge on any atom is 0.316 e. The predicted molar refractivity (Wildman–Crippen MR) is 115 cm³/mol. The molecule has 0 fully saturated rings. The van der Waals surface area contributed by atoms with Crippen molar-refractivity contribution in [2.75, 3.05) is 0 Å². The molecule has 4 rings (SSSR count). The van der Waals surface area contributed by atoms with E-state index in [9.17, 15) is 14.4 Å². The van der Waals surface area contributed by atoms with Gasteiger partial charge in [0, 0.05) is 17.7 Å². The summed E-state index contributed by atoms with van der Waals surface area (Å²) in [5, 5.41) is 6.82. The monoisotopic (exact) mass is 419 g/mol. The molecule has 2 aromatic carbocycles. The van der Waals surface area contributed by atoms with Crippen LogP contribution in [-0.2, 0) is 6.54 Å². The highest BCUT2D eigenvalue weighted by molar-refractivity contribution is 5.94. The van der Waals surface area contributed by atoms with E-state index in [0.29, 0.717) is 34.5 Å². The number of nitrogens with zero attached hydrogens (tertiary/aromatic N) is 3. The van der Waals surface area contributed by atoms with E-state index in [1.807, 2.05) is 13.0 Å². The third-order valence-corrected chi connectivity index (χ3v) is 4.88. The highest BCUT2D eigenvalue weighted by Crippen LogP contribution is 2.22. The lowest BCUT2D eigenvalue weighted by Crippen LogP contribution is -2.36. The van der Waals surface area contributed by atoms with E-state index in [-0.39, 0.29) is 11.8 Å². The first-order valence-electron chi connectivity index (χ1n) is 9.94. The molecule has 0 aliphatic heterocycles. The minimum atomic E-state index is -0.677. The molecule has 0 bridgehead atoms. The molecule has 9 nitrogen and oxygen atoms in total. The van der Waals surface area contributed by atoms with E-state index in [2.05, 4.69) is 20.4 Å². The Morgan fingerprint density at radius 2 is 1.97 bits per heavy atom. The molecule has 4 aromatic rings. The second-order valence-electron chi connectivity index (χ2n) is 7.16. The molecule has 0 aliphatic rings. The Balaban J connectivity index is 1.61. The number of amides is 1. The summed E-state index contributed by atoms with van der Waals surface area (Å²) in [5.74, 6) is 0.320. The summed E-state index contributed by atoms with van der Waals surface area (Å²) in [7, 11) is 0. The van der Waals surface area contributed by atoms with Crippen molar-refractivity contribution >= 4 is 16.9 Å². The van der Waals surface area contributed by atoms with Crippen LogP contribution in [0.5, 0.6) is 0 Å². The maximum atomic E-state index is 12.3. The van der Waals surface area contributed by atoms with Gasteiger partial charge in [-0.2, -0.15) is 4.98 Å². The van der Waals surface area contributed by atoms with E-state index >= 15 is 0 Å². The van der Waals surface area contributed by atoms with Crippen molar-refractivity contribution < 1.29 is 9.32 Å². The number of hydrogen-bond acceptors (Lipinski definition) is 6. The molecule has 1 atom stereocenters. The highest BCUT2D eigenvalue weighted by Gasteiger charge is 2.18. The lowest BCUT2D eigenvalue weighted by atomic mass is 10.1. The fourth-order valence-electron chi connectivity index (χ4n) is 3.32. The van der Waals surface area contributed by atoms with Crippen molar-refractivity contribution in [3.05, 3.63) is 80.7 Å². The van der Waals surface area contributed by atoms with E-state index < -0.39 is 17.2 Å². The van der Waals surface area contributed by atoms with Gasteiger partial charge in [-0.15, -0.1) is 0 Å². The van der Waals surface area contributed by atoms with Crippen molar-refractivity contribution in [2.24, 2.45) is 0 Å². The summed E-state index contributed by atoms with van der Waals surface area (Å²) in [6.07, 6.45) is 0.723. The molecule has 0 saturated heterocycles. The van der Waals surface area contributed by atoms with Gasteiger partial charge >= 0.3 is 11.1 Å². The number of rotatable bonds is 6. The van der Waals surface area contributed by atoms with E-state index in [4.69, 9.17) is 4.52 Å². The summed E-state index contributed by atoms with van der Waals surface area (Å²) in [5.41, 5.74) is 1.03. The molecule has 2 aromatic heterocycles. The lowest BCUT2D eigenvalue weighted by molar-refractivity contribution is 0.0932. The Morgan fingerprint density at radius 1 is 1.19 bits per heavy atom. The number of fused-ring (bicyclic) bond motifs is 1. The average molecular weight is 419 g/mol. The van der Waals surface area contributed by atoms with Gasteiger partial charge in [0.15, 0.2) is 0 Å². The Labute approximate surface area is 176 Å². The normalized spacial score (nSPS) is 12.1. The zero-order valence-electron chi connectivity index (χ0n) is 17.1. The van der Waals surface area contributed by atoms with Crippen molar-refractivity contribution in [2.45, 2.75) is 32.9 Å². The molecule has 1 amide bonds. The van der Waals surface area contributed by atoms with Crippen molar-refractivity contribution in [3.63, 3.8) is 0 Å². The molecule has 0 spiro atoms. The van der Waals surface area contributed by atoms with Crippen LogP contribution in [0.1, 0.15) is 42.6 Å². The van der Waals surface area contributed by atoms with Gasteiger partial charge in [0.2, 0.25) is 11.7 Å². The number of hydrogen-bond donors (Lipinski definition) is 2. The number of H-pyrrole nitrogens is 1. The van der Waals surface area contributed by atoms with Gasteiger partial charge in [0.25, 0.3) is 5.91 Å². The number of aryl methyl sites for hydroxylation is 1. The maximum absolute atomic E-state index is 12.3. The number of nitrogens with one attached hydrogen (secondary N) is 2. The number of benzene rings is 2. The second-order valence-corrected chi connectivity index (χ2v) is 7.16. The number of aromatic amines is 1. The minimum absolute atomic E-state index is 0.245. The number of carbonyl (C=O) groups is 1. The molecule has 158 valence electrons. The Morgan fingerprint density at radius 3 is 2.71 bits per heavy atom. The van der Waals surface area contributed by atoms with Gasteiger partial charge < -0.3 is 19.4 Å². The van der Waals surface area contributed by atoms with Gasteiger partial charge in [-0.3, -0.25) is 14.4 Å². The standard InChI is InChI=1S/C22H21N5O4/c1-3-11-27-17-10-9-15(12-16(17)24-20(29)22(27)30)18-25-21(31-26-18)13(2)23-19(28)14-7-5-4-6-8-14/h4-10,12-13H,3,11H2,1-2H3,(H,23,28)(H,24,29). The van der Waals surface area contributed by atoms with Crippen LogP contribution >= 0.6 is 0 Å². The van der Waals surface area contributed by atoms with Crippen LogP contribution in [0, 0.1) is 0 Å². The van der Waals surface area contributed by atoms with Gasteiger partial charge in [-0.25, -0.2) is 0 Å². The zero-order chi connectivity index (χ0) is 22.0. The van der Waals surface area contributed by atoms with Crippen LogP contribution in [0.15, 0.2) is 62.6 Å². The fraction of sp³-hybridized carbons (Fsp3) is 0.227. The number of carbonyl (C=O) groups excluding carboxylic acids is 1. The fourth-order valence-corrected chi connectivity index (χ4v) is 3.32. The zero-order valence-corrected chi connectivity index (χ0v) is 17.1. The smallest absolute Gasteiger partial charge is 0.316 e. The average Bonchev–Trinajstić information content (AvgIpc) is 3.27. The third-order valence-electron chi connectivity index (χ3n) is 4.88. The van der Waals surface area contributed by atoms with E-state index in [1.165, 1.54) is 4.57 Å². The van der Waals surface area contributed by atoms with Gasteiger partial charge in [-0.05, 0) is 43.7 Å². The van der Waals surface area contributed by atoms with Gasteiger partial charge in [0.05, 0.1) is 11.0 Å². The van der Waals surface area contributed by atoms with Gasteiger partial charge in [0.1, 0.15) is 6.04 Å². The van der Waals surface area contributed by atoms with Crippen molar-refractivity contribution in [1.82, 2.24) is 25.0 Å². The third kappa shape index (κ3) is 4.02. The first-order valence-corrected chi connectivity index (χ1v) is 9.94. The molecular weight excluding hydrogens is 398 g/mol. The molecule has 0 aliphatic carbocycles. The van der Waals surface area contributed by atoms with Crippen molar-refractivity contribution in [3.8, 4) is 11.4 Å². The van der Waals surface area contributed by atoms with Gasteiger partial charge in [-0.1, -0.05) is 30.3 Å². The Bertz CT molecular complexity index is 1350. The Hall–Kier alpha value is -4.01. The van der Waals surface area contributed by atoms with E-state index in [0.717, 1.165) is 6.42 Å². The largest absolute Gasteiger partial charge is 0.341 e. The predicted octanol–water partition coefficient (Wildman–Crippen LogP) is 2.64. The van der Waals surface area contributed by atoms with Crippen LogP contribution in [0.25, 0.3) is 22.4 Å². The molecule has 31 heavy (non-hydrogen) atoms. The van der Waals surface area contributed by atoms with Crippen LogP contribution in [-0.4, -0.2) is 25.6 Å². The van der Waals surface area contributed by atoms with E-state index in [1.54, 1.807) is 49.4 Å². The molecular formula is C22H21N5O4. The first kappa shape index (κ1) is 20.3. The summed E-state index contributed by atoms with van der Waals surface area (Å²) < 4.78 is 6.79. The summed E-state index contributed by atoms with van der Waals surface area (Å²) in [6, 6.07) is 13.5. The molecule has 0 radical (unpaired) electrons. The lowest BCUT2D eigenvalue weighted by Gasteiger charge is -2.09. The topological polar surface area (TPSA) is 123 Å². The molecule has 2 heterocycles. The molecule has 1 unspecified atom stereocenters. The summed E-state index contributed by atoms with van der Waals surface area (Å²) in [6.45, 7) is 4.13. The SMILES string of the molecule is CCCn1c(=O)c(=O)[nH]c2cc(-c3noc(C(C)NC(=O)c4ccccc4)n3)ccc21. The summed E-state index contributed by atoms with van der Waals surface area (Å²) >= 11 is 0. The van der Waals surface area contributed by atoms with Crippen LogP contribution < -0.4 is 16.4 Å². The minimum Gasteiger partial charge on any atom is -0.341 e. The second kappa shape index (κ2) is 8.39. The molecule has 9 heteroatoms. The first-order chi connectivity index (χ1) is 15.0. The quantitative estimate of drug-likeness (QED) is 0.463. The van der Waals surface area contributed by atoms with Crippen LogP contribution in [0.3, 0.4) is 0 Å². The highest BCUT2D eigenvalue weighted by atomic mass is 16.5. The number of aromatic nitrogens is 4. The molecule has 2 N–H and O–H groups in total. The summed E-state index contributed by atoms with van der Waals surface area (Å²) in [4.78, 5) is 43.5. The van der Waals surface area contributed by atoms with Crippen LogP contribution in [0.2, 0.25) is 0 Å². The Kier molecular flexibility index (Phi) is 5.48.